The minimum Gasteiger partial charge on any atom is -0.396 e. The van der Waals surface area contributed by atoms with Crippen molar-refractivity contribution in [3.8, 4) is 5.69 Å². The van der Waals surface area contributed by atoms with E-state index in [0.717, 1.165) is 22.6 Å². The van der Waals surface area contributed by atoms with Crippen molar-refractivity contribution in [1.29, 1.82) is 0 Å². The molecule has 0 fully saturated rings. The quantitative estimate of drug-likeness (QED) is 0.878. The summed E-state index contributed by atoms with van der Waals surface area (Å²) in [6.07, 6.45) is 0.670. The van der Waals surface area contributed by atoms with Gasteiger partial charge in [-0.05, 0) is 44.9 Å². The Labute approximate surface area is 102 Å². The highest BCUT2D eigenvalue weighted by molar-refractivity contribution is 5.38. The van der Waals surface area contributed by atoms with Crippen LogP contribution in [-0.2, 0) is 6.42 Å². The Morgan fingerprint density at radius 3 is 2.35 bits per heavy atom. The number of aliphatic hydroxyl groups excluding tert-OH is 1. The van der Waals surface area contributed by atoms with Crippen LogP contribution in [-0.4, -0.2) is 21.5 Å². The number of hydrogen-bond acceptors (Lipinski definition) is 2. The van der Waals surface area contributed by atoms with Gasteiger partial charge in [0, 0.05) is 12.3 Å². The van der Waals surface area contributed by atoms with Crippen molar-refractivity contribution in [2.45, 2.75) is 27.2 Å². The standard InChI is InChI=1S/C14H18N2O/c1-10-4-6-13(7-5-10)16-12(3)14(8-9-17)11(2)15-16/h4-7,17H,8-9H2,1-3H3. The minimum atomic E-state index is 0.168. The summed E-state index contributed by atoms with van der Waals surface area (Å²) in [6.45, 7) is 6.27. The maximum absolute atomic E-state index is 9.05. The molecule has 0 unspecified atom stereocenters. The molecular formula is C14H18N2O. The van der Waals surface area contributed by atoms with Gasteiger partial charge < -0.3 is 5.11 Å². The average molecular weight is 230 g/mol. The molecule has 0 aliphatic carbocycles. The molecule has 3 nitrogen and oxygen atoms in total. The zero-order valence-corrected chi connectivity index (χ0v) is 10.6. The third-order valence-electron chi connectivity index (χ3n) is 3.08. The van der Waals surface area contributed by atoms with E-state index in [1.54, 1.807) is 0 Å². The van der Waals surface area contributed by atoms with Gasteiger partial charge in [0.15, 0.2) is 0 Å². The van der Waals surface area contributed by atoms with Crippen molar-refractivity contribution in [3.63, 3.8) is 0 Å². The fourth-order valence-electron chi connectivity index (χ4n) is 2.09. The third-order valence-corrected chi connectivity index (χ3v) is 3.08. The molecule has 1 heterocycles. The molecule has 90 valence electrons. The Morgan fingerprint density at radius 1 is 1.12 bits per heavy atom. The molecule has 0 saturated carbocycles. The highest BCUT2D eigenvalue weighted by atomic mass is 16.2. The van der Waals surface area contributed by atoms with E-state index in [-0.39, 0.29) is 6.61 Å². The molecule has 0 aliphatic heterocycles. The summed E-state index contributed by atoms with van der Waals surface area (Å²) in [5.41, 5.74) is 5.57. The van der Waals surface area contributed by atoms with Crippen molar-refractivity contribution in [1.82, 2.24) is 9.78 Å². The predicted molar refractivity (Wildman–Crippen MR) is 68.6 cm³/mol. The molecule has 1 aromatic carbocycles. The summed E-state index contributed by atoms with van der Waals surface area (Å²) in [7, 11) is 0. The first kappa shape index (κ1) is 11.9. The second kappa shape index (κ2) is 4.72. The normalized spacial score (nSPS) is 10.8. The van der Waals surface area contributed by atoms with Gasteiger partial charge in [0.2, 0.25) is 0 Å². The van der Waals surface area contributed by atoms with E-state index in [9.17, 15) is 0 Å². The summed E-state index contributed by atoms with van der Waals surface area (Å²) in [6, 6.07) is 8.30. The van der Waals surface area contributed by atoms with Gasteiger partial charge in [-0.1, -0.05) is 17.7 Å². The zero-order valence-electron chi connectivity index (χ0n) is 10.6. The van der Waals surface area contributed by atoms with Crippen LogP contribution >= 0.6 is 0 Å². The largest absolute Gasteiger partial charge is 0.396 e. The molecule has 0 amide bonds. The van der Waals surface area contributed by atoms with Crippen LogP contribution in [0.3, 0.4) is 0 Å². The summed E-state index contributed by atoms with van der Waals surface area (Å²) in [5, 5.41) is 13.6. The average Bonchev–Trinajstić information content (AvgIpc) is 2.59. The lowest BCUT2D eigenvalue weighted by molar-refractivity contribution is 0.299. The van der Waals surface area contributed by atoms with Crippen LogP contribution in [0.5, 0.6) is 0 Å². The number of aryl methyl sites for hydroxylation is 2. The molecule has 0 bridgehead atoms. The fraction of sp³-hybridized carbons (Fsp3) is 0.357. The van der Waals surface area contributed by atoms with E-state index in [1.165, 1.54) is 5.56 Å². The fourth-order valence-corrected chi connectivity index (χ4v) is 2.09. The first-order valence-electron chi connectivity index (χ1n) is 5.86. The highest BCUT2D eigenvalue weighted by Gasteiger charge is 2.11. The van der Waals surface area contributed by atoms with Gasteiger partial charge in [-0.2, -0.15) is 5.10 Å². The number of nitrogens with zero attached hydrogens (tertiary/aromatic N) is 2. The van der Waals surface area contributed by atoms with Gasteiger partial charge in [-0.3, -0.25) is 0 Å². The molecule has 2 rings (SSSR count). The lowest BCUT2D eigenvalue weighted by Gasteiger charge is -2.05. The molecule has 3 heteroatoms. The lowest BCUT2D eigenvalue weighted by atomic mass is 10.1. The number of rotatable bonds is 3. The van der Waals surface area contributed by atoms with E-state index in [2.05, 4.69) is 36.3 Å². The van der Waals surface area contributed by atoms with Crippen molar-refractivity contribution in [2.75, 3.05) is 6.61 Å². The molecule has 1 N–H and O–H groups in total. The van der Waals surface area contributed by atoms with Gasteiger partial charge in [-0.25, -0.2) is 4.68 Å². The number of aromatic nitrogens is 2. The van der Waals surface area contributed by atoms with Crippen LogP contribution in [0.4, 0.5) is 0 Å². The predicted octanol–water partition coefficient (Wildman–Crippen LogP) is 2.33. The van der Waals surface area contributed by atoms with E-state index in [4.69, 9.17) is 5.11 Å². The molecular weight excluding hydrogens is 212 g/mol. The van der Waals surface area contributed by atoms with Gasteiger partial charge in [0.05, 0.1) is 11.4 Å². The molecule has 0 aliphatic rings. The number of hydrogen-bond donors (Lipinski definition) is 1. The maximum Gasteiger partial charge on any atom is 0.0649 e. The van der Waals surface area contributed by atoms with Crippen LogP contribution in [0.15, 0.2) is 24.3 Å². The van der Waals surface area contributed by atoms with Crippen LogP contribution in [0, 0.1) is 20.8 Å². The van der Waals surface area contributed by atoms with Crippen LogP contribution in [0.25, 0.3) is 5.69 Å². The second-order valence-corrected chi connectivity index (χ2v) is 4.37. The first-order valence-corrected chi connectivity index (χ1v) is 5.86. The number of benzene rings is 1. The zero-order chi connectivity index (χ0) is 12.4. The SMILES string of the molecule is Cc1ccc(-n2nc(C)c(CCO)c2C)cc1. The molecule has 1 aromatic heterocycles. The molecule has 17 heavy (non-hydrogen) atoms. The summed E-state index contributed by atoms with van der Waals surface area (Å²) in [5.74, 6) is 0. The molecule has 0 atom stereocenters. The molecule has 0 spiro atoms. The van der Waals surface area contributed by atoms with Crippen molar-refractivity contribution < 1.29 is 5.11 Å². The second-order valence-electron chi connectivity index (χ2n) is 4.37. The Balaban J connectivity index is 2.46. The molecule has 0 radical (unpaired) electrons. The van der Waals surface area contributed by atoms with Crippen LogP contribution in [0.1, 0.15) is 22.5 Å². The first-order chi connectivity index (χ1) is 8.13. The Morgan fingerprint density at radius 2 is 1.76 bits per heavy atom. The Bertz CT molecular complexity index is 512. The van der Waals surface area contributed by atoms with E-state index < -0.39 is 0 Å². The van der Waals surface area contributed by atoms with E-state index in [1.807, 2.05) is 18.5 Å². The monoisotopic (exact) mass is 230 g/mol. The smallest absolute Gasteiger partial charge is 0.0649 e. The van der Waals surface area contributed by atoms with Crippen LogP contribution < -0.4 is 0 Å². The molecule has 0 saturated heterocycles. The topological polar surface area (TPSA) is 38.0 Å². The minimum absolute atomic E-state index is 0.168. The van der Waals surface area contributed by atoms with Gasteiger partial charge in [-0.15, -0.1) is 0 Å². The molecule has 2 aromatic rings. The van der Waals surface area contributed by atoms with Gasteiger partial charge >= 0.3 is 0 Å². The Kier molecular flexibility index (Phi) is 3.29. The Hall–Kier alpha value is -1.61. The van der Waals surface area contributed by atoms with Gasteiger partial charge in [0.25, 0.3) is 0 Å². The summed E-state index contributed by atoms with van der Waals surface area (Å²) < 4.78 is 1.94. The maximum atomic E-state index is 9.05. The van der Waals surface area contributed by atoms with Crippen molar-refractivity contribution in [3.05, 3.63) is 46.8 Å². The highest BCUT2D eigenvalue weighted by Crippen LogP contribution is 2.18. The third kappa shape index (κ3) is 2.24. The van der Waals surface area contributed by atoms with Crippen molar-refractivity contribution in [2.24, 2.45) is 0 Å². The lowest BCUT2D eigenvalue weighted by Crippen LogP contribution is -2.00. The van der Waals surface area contributed by atoms with Crippen molar-refractivity contribution >= 4 is 0 Å². The summed E-state index contributed by atoms with van der Waals surface area (Å²) in [4.78, 5) is 0. The van der Waals surface area contributed by atoms with Crippen LogP contribution in [0.2, 0.25) is 0 Å². The summed E-state index contributed by atoms with van der Waals surface area (Å²) >= 11 is 0. The van der Waals surface area contributed by atoms with E-state index >= 15 is 0 Å². The van der Waals surface area contributed by atoms with E-state index in [0.29, 0.717) is 6.42 Å². The van der Waals surface area contributed by atoms with Gasteiger partial charge in [0.1, 0.15) is 0 Å². The number of aliphatic hydroxyl groups is 1.